The summed E-state index contributed by atoms with van der Waals surface area (Å²) in [6, 6.07) is 24.1. The quantitative estimate of drug-likeness (QED) is 0.572. The molecule has 0 aliphatic carbocycles. The van der Waals surface area contributed by atoms with Crippen LogP contribution in [0, 0.1) is 0 Å². The largest absolute Gasteiger partial charge is 0.348 e. The first kappa shape index (κ1) is 15.5. The molecule has 3 nitrogen and oxygen atoms in total. The molecule has 0 saturated carbocycles. The van der Waals surface area contributed by atoms with Gasteiger partial charge in [0.25, 0.3) is 5.91 Å². The third-order valence-electron chi connectivity index (χ3n) is 4.11. The standard InChI is InChI=1S/C21H16N2OS/c24-21(18-10-11-19-20(12-18)25-14-23-19)22-13-15-6-8-17(9-7-15)16-4-2-1-3-5-16/h1-12,14H,13H2,(H,22,24). The lowest BCUT2D eigenvalue weighted by Crippen LogP contribution is -2.22. The van der Waals surface area contributed by atoms with Crippen molar-refractivity contribution in [2.75, 3.05) is 0 Å². The number of aromatic nitrogens is 1. The summed E-state index contributed by atoms with van der Waals surface area (Å²) >= 11 is 1.54. The monoisotopic (exact) mass is 344 g/mol. The number of carbonyl (C=O) groups excluding carboxylic acids is 1. The van der Waals surface area contributed by atoms with Gasteiger partial charge in [-0.3, -0.25) is 4.79 Å². The molecule has 0 fully saturated rings. The summed E-state index contributed by atoms with van der Waals surface area (Å²) in [6.07, 6.45) is 0. The number of hydrogen-bond donors (Lipinski definition) is 1. The Bertz CT molecular complexity index is 1010. The van der Waals surface area contributed by atoms with E-state index < -0.39 is 0 Å². The zero-order valence-corrected chi connectivity index (χ0v) is 14.3. The van der Waals surface area contributed by atoms with Gasteiger partial charge in [-0.2, -0.15) is 0 Å². The van der Waals surface area contributed by atoms with Gasteiger partial charge in [0, 0.05) is 12.1 Å². The van der Waals surface area contributed by atoms with Crippen LogP contribution in [0.15, 0.2) is 78.3 Å². The Hall–Kier alpha value is -2.98. The maximum Gasteiger partial charge on any atom is 0.251 e. The van der Waals surface area contributed by atoms with E-state index in [4.69, 9.17) is 0 Å². The SMILES string of the molecule is O=C(NCc1ccc(-c2ccccc2)cc1)c1ccc2ncsc2c1. The lowest BCUT2D eigenvalue weighted by molar-refractivity contribution is 0.0951. The highest BCUT2D eigenvalue weighted by atomic mass is 32.1. The van der Waals surface area contributed by atoms with Crippen LogP contribution in [0.25, 0.3) is 21.3 Å². The molecule has 4 heteroatoms. The Balaban J connectivity index is 1.43. The van der Waals surface area contributed by atoms with Gasteiger partial charge < -0.3 is 5.32 Å². The Labute approximate surface area is 150 Å². The zero-order valence-electron chi connectivity index (χ0n) is 13.5. The molecule has 1 amide bonds. The van der Waals surface area contributed by atoms with Gasteiger partial charge in [0.2, 0.25) is 0 Å². The molecule has 0 aliphatic heterocycles. The molecular formula is C21H16N2OS. The molecule has 0 radical (unpaired) electrons. The molecule has 0 aliphatic rings. The molecule has 25 heavy (non-hydrogen) atoms. The molecule has 0 bridgehead atoms. The second-order valence-electron chi connectivity index (χ2n) is 5.78. The summed E-state index contributed by atoms with van der Waals surface area (Å²) in [5.41, 5.74) is 6.82. The van der Waals surface area contributed by atoms with Crippen LogP contribution in [0.4, 0.5) is 0 Å². The van der Waals surface area contributed by atoms with Crippen molar-refractivity contribution in [3.05, 3.63) is 89.4 Å². The normalized spacial score (nSPS) is 10.7. The molecule has 3 aromatic carbocycles. The van der Waals surface area contributed by atoms with Gasteiger partial charge in [-0.15, -0.1) is 11.3 Å². The molecule has 0 atom stereocenters. The average Bonchev–Trinajstić information content (AvgIpc) is 3.15. The molecule has 0 unspecified atom stereocenters. The van der Waals surface area contributed by atoms with Crippen LogP contribution in [0.5, 0.6) is 0 Å². The Morgan fingerprint density at radius 1 is 0.920 bits per heavy atom. The first-order valence-corrected chi connectivity index (χ1v) is 8.93. The summed E-state index contributed by atoms with van der Waals surface area (Å²) in [4.78, 5) is 16.6. The molecule has 1 N–H and O–H groups in total. The van der Waals surface area contributed by atoms with Gasteiger partial charge >= 0.3 is 0 Å². The number of amides is 1. The number of rotatable bonds is 4. The van der Waals surface area contributed by atoms with Crippen LogP contribution >= 0.6 is 11.3 Å². The molecule has 122 valence electrons. The van der Waals surface area contributed by atoms with Crippen molar-refractivity contribution in [1.29, 1.82) is 0 Å². The number of carbonyl (C=O) groups is 1. The second-order valence-corrected chi connectivity index (χ2v) is 6.67. The van der Waals surface area contributed by atoms with E-state index in [1.165, 1.54) is 11.1 Å². The Morgan fingerprint density at radius 3 is 2.48 bits per heavy atom. The van der Waals surface area contributed by atoms with E-state index in [2.05, 4.69) is 46.7 Å². The molecular weight excluding hydrogens is 328 g/mol. The fourth-order valence-corrected chi connectivity index (χ4v) is 3.44. The average molecular weight is 344 g/mol. The molecule has 4 aromatic rings. The molecule has 4 rings (SSSR count). The van der Waals surface area contributed by atoms with Crippen LogP contribution in [0.1, 0.15) is 15.9 Å². The van der Waals surface area contributed by atoms with Gasteiger partial charge in [-0.25, -0.2) is 4.98 Å². The van der Waals surface area contributed by atoms with Crippen molar-refractivity contribution >= 4 is 27.5 Å². The molecule has 1 heterocycles. The topological polar surface area (TPSA) is 42.0 Å². The first-order valence-electron chi connectivity index (χ1n) is 8.05. The van der Waals surface area contributed by atoms with Crippen molar-refractivity contribution < 1.29 is 4.79 Å². The van der Waals surface area contributed by atoms with Crippen molar-refractivity contribution in [3.8, 4) is 11.1 Å². The number of nitrogens with zero attached hydrogens (tertiary/aromatic N) is 1. The fourth-order valence-electron chi connectivity index (χ4n) is 2.73. The highest BCUT2D eigenvalue weighted by Gasteiger charge is 2.07. The first-order chi connectivity index (χ1) is 12.3. The van der Waals surface area contributed by atoms with E-state index in [9.17, 15) is 4.79 Å². The van der Waals surface area contributed by atoms with Gasteiger partial charge in [-0.05, 0) is 34.9 Å². The van der Waals surface area contributed by atoms with Crippen LogP contribution in [0.2, 0.25) is 0 Å². The fraction of sp³-hybridized carbons (Fsp3) is 0.0476. The van der Waals surface area contributed by atoms with Gasteiger partial charge in [-0.1, -0.05) is 54.6 Å². The van der Waals surface area contributed by atoms with E-state index in [0.29, 0.717) is 12.1 Å². The molecule has 0 saturated heterocycles. The summed E-state index contributed by atoms with van der Waals surface area (Å²) in [7, 11) is 0. The van der Waals surface area contributed by atoms with Crippen molar-refractivity contribution in [1.82, 2.24) is 10.3 Å². The van der Waals surface area contributed by atoms with Crippen molar-refractivity contribution in [2.45, 2.75) is 6.54 Å². The Kier molecular flexibility index (Phi) is 4.27. The smallest absolute Gasteiger partial charge is 0.251 e. The van der Waals surface area contributed by atoms with Crippen molar-refractivity contribution in [2.24, 2.45) is 0 Å². The van der Waals surface area contributed by atoms with Crippen LogP contribution < -0.4 is 5.32 Å². The third-order valence-corrected chi connectivity index (χ3v) is 4.90. The Morgan fingerprint density at radius 2 is 1.68 bits per heavy atom. The highest BCUT2D eigenvalue weighted by Crippen LogP contribution is 2.20. The van der Waals surface area contributed by atoms with E-state index in [-0.39, 0.29) is 5.91 Å². The molecule has 1 aromatic heterocycles. The van der Waals surface area contributed by atoms with E-state index in [0.717, 1.165) is 15.8 Å². The lowest BCUT2D eigenvalue weighted by Gasteiger charge is -2.07. The van der Waals surface area contributed by atoms with Gasteiger partial charge in [0.15, 0.2) is 0 Å². The number of thiazole rings is 1. The number of hydrogen-bond acceptors (Lipinski definition) is 3. The third kappa shape index (κ3) is 3.44. The minimum atomic E-state index is -0.0672. The predicted molar refractivity (Wildman–Crippen MR) is 103 cm³/mol. The summed E-state index contributed by atoms with van der Waals surface area (Å²) in [5, 5.41) is 2.98. The maximum absolute atomic E-state index is 12.3. The summed E-state index contributed by atoms with van der Waals surface area (Å²) < 4.78 is 1.03. The van der Waals surface area contributed by atoms with Gasteiger partial charge in [0.05, 0.1) is 15.7 Å². The molecule has 0 spiro atoms. The van der Waals surface area contributed by atoms with Crippen LogP contribution in [-0.2, 0) is 6.54 Å². The van der Waals surface area contributed by atoms with E-state index in [1.54, 1.807) is 16.8 Å². The zero-order chi connectivity index (χ0) is 17.1. The minimum absolute atomic E-state index is 0.0672. The van der Waals surface area contributed by atoms with Gasteiger partial charge in [0.1, 0.15) is 0 Å². The predicted octanol–water partition coefficient (Wildman–Crippen LogP) is 4.89. The summed E-state index contributed by atoms with van der Waals surface area (Å²) in [5.74, 6) is -0.0672. The van der Waals surface area contributed by atoms with Crippen LogP contribution in [0.3, 0.4) is 0 Å². The van der Waals surface area contributed by atoms with Crippen LogP contribution in [-0.4, -0.2) is 10.9 Å². The van der Waals surface area contributed by atoms with E-state index >= 15 is 0 Å². The number of nitrogens with one attached hydrogen (secondary N) is 1. The van der Waals surface area contributed by atoms with Crippen molar-refractivity contribution in [3.63, 3.8) is 0 Å². The lowest BCUT2D eigenvalue weighted by atomic mass is 10.0. The highest BCUT2D eigenvalue weighted by molar-refractivity contribution is 7.16. The number of benzene rings is 3. The second kappa shape index (κ2) is 6.87. The summed E-state index contributed by atoms with van der Waals surface area (Å²) in [6.45, 7) is 0.509. The minimum Gasteiger partial charge on any atom is -0.348 e. The van der Waals surface area contributed by atoms with E-state index in [1.807, 2.05) is 36.4 Å². The number of fused-ring (bicyclic) bond motifs is 1. The maximum atomic E-state index is 12.3.